The molecule has 1 amide bonds. The molecule has 7 N–H and O–H groups in total. The minimum absolute atomic E-state index is 0. The summed E-state index contributed by atoms with van der Waals surface area (Å²) in [6.45, 7) is 16.5. The monoisotopic (exact) mass is 1110 g/mol. The molecule has 9 atom stereocenters. The van der Waals surface area contributed by atoms with Gasteiger partial charge in [0.05, 0.1) is 12.6 Å². The number of benzene rings is 3. The number of fused-ring (bicyclic) bond motifs is 12. The molecule has 3 aromatic rings. The third-order valence-corrected chi connectivity index (χ3v) is 23.6. The number of rotatable bonds is 8. The van der Waals surface area contributed by atoms with Crippen molar-refractivity contribution in [2.24, 2.45) is 47.3 Å². The molecule has 0 radical (unpaired) electrons. The van der Waals surface area contributed by atoms with Crippen LogP contribution in [-0.4, -0.2) is 98.4 Å². The van der Waals surface area contributed by atoms with Gasteiger partial charge in [0.2, 0.25) is 5.91 Å². The first-order chi connectivity index (χ1) is 38.1. The summed E-state index contributed by atoms with van der Waals surface area (Å²) < 4.78 is 4.15. The highest BCUT2D eigenvalue weighted by molar-refractivity contribution is 5.74. The molecule has 450 valence electrons. The number of piperidine rings is 3. The predicted molar refractivity (Wildman–Crippen MR) is 334 cm³/mol. The van der Waals surface area contributed by atoms with E-state index in [2.05, 4.69) is 97.5 Å². The zero-order valence-electron chi connectivity index (χ0n) is 50.1. The number of aryl methyl sites for hydroxylation is 2. The van der Waals surface area contributed by atoms with Crippen molar-refractivity contribution in [3.63, 3.8) is 0 Å². The Kier molecular flexibility index (Phi) is 22.0. The van der Waals surface area contributed by atoms with Gasteiger partial charge in [-0.15, -0.1) is 0 Å². The van der Waals surface area contributed by atoms with Gasteiger partial charge in [-0.2, -0.15) is 0 Å². The van der Waals surface area contributed by atoms with E-state index in [0.717, 1.165) is 66.1 Å². The van der Waals surface area contributed by atoms with E-state index in [0.29, 0.717) is 23.9 Å². The molecule has 81 heavy (non-hydrogen) atoms. The Morgan fingerprint density at radius 2 is 1.01 bits per heavy atom. The molecule has 3 heterocycles. The zero-order chi connectivity index (χ0) is 53.7. The lowest BCUT2D eigenvalue weighted by atomic mass is 9.72. The van der Waals surface area contributed by atoms with Gasteiger partial charge in [0.25, 0.3) is 6.47 Å². The second-order valence-electron chi connectivity index (χ2n) is 27.7. The topological polar surface area (TPSA) is 152 Å². The molecule has 3 saturated heterocycles. The molecule has 3 spiro atoms. The smallest absolute Gasteiger partial charge is 0.293 e. The molecule has 0 aromatic heterocycles. The Bertz CT molecular complexity index is 2370. The molecule has 12 aliphatic rings. The van der Waals surface area contributed by atoms with E-state index < -0.39 is 0 Å². The van der Waals surface area contributed by atoms with Crippen molar-refractivity contribution in [2.75, 3.05) is 59.0 Å². The zero-order valence-corrected chi connectivity index (χ0v) is 50.1. The van der Waals surface area contributed by atoms with Gasteiger partial charge >= 0.3 is 0 Å². The highest BCUT2D eigenvalue weighted by atomic mass is 16.5. The molecular formula is C71H112N6O4. The molecule has 10 nitrogen and oxygen atoms in total. The van der Waals surface area contributed by atoms with Gasteiger partial charge in [-0.25, -0.2) is 0 Å². The highest BCUT2D eigenvalue weighted by Gasteiger charge is 2.49. The number of ether oxygens (including phenoxy) is 1. The molecule has 6 bridgehead atoms. The first-order valence-corrected chi connectivity index (χ1v) is 32.3. The SMILES string of the molecule is C.CC(=O)N[C@H]1CC2(CCN(C3CC4CCC(C4)C3)CC2)c2ccccc21.CC=O.CCOC=O.N.N.[HH].c1ccc2c(c1)CCC21CCN(C[C@H]2C[C@H]3CC[C@H]2C3)CC1.c1ccc2c(c1)CCC21CCN(C[C@H]2C[C@H]3CC[C@H]2C3)CC1. The van der Waals surface area contributed by atoms with Crippen LogP contribution in [0.1, 0.15) is 210 Å². The van der Waals surface area contributed by atoms with Crippen molar-refractivity contribution in [3.8, 4) is 0 Å². The average molecular weight is 1110 g/mol. The Morgan fingerprint density at radius 3 is 1.43 bits per heavy atom. The van der Waals surface area contributed by atoms with E-state index in [1.165, 1.54) is 167 Å². The van der Waals surface area contributed by atoms with Crippen LogP contribution in [-0.2, 0) is 48.2 Å². The summed E-state index contributed by atoms with van der Waals surface area (Å²) >= 11 is 0. The quantitative estimate of drug-likeness (QED) is 0.187. The summed E-state index contributed by atoms with van der Waals surface area (Å²) in [6, 6.07) is 28.5. The first kappa shape index (κ1) is 63.1. The fourth-order valence-electron chi connectivity index (χ4n) is 19.7. The summed E-state index contributed by atoms with van der Waals surface area (Å²) in [5.41, 5.74) is 10.9. The number of amides is 1. The molecule has 3 aliphatic heterocycles. The van der Waals surface area contributed by atoms with Crippen molar-refractivity contribution >= 4 is 18.7 Å². The maximum Gasteiger partial charge on any atom is 0.293 e. The lowest BCUT2D eigenvalue weighted by Crippen LogP contribution is -2.48. The number of carbonyl (C=O) groups is 3. The molecule has 2 unspecified atom stereocenters. The Balaban J connectivity index is 0.000000163. The van der Waals surface area contributed by atoms with Crippen LogP contribution in [0.15, 0.2) is 72.8 Å². The van der Waals surface area contributed by atoms with Crippen LogP contribution < -0.4 is 17.6 Å². The van der Waals surface area contributed by atoms with E-state index in [-0.39, 0.29) is 38.5 Å². The van der Waals surface area contributed by atoms with Crippen LogP contribution in [0.25, 0.3) is 0 Å². The summed E-state index contributed by atoms with van der Waals surface area (Å²) in [6.07, 6.45) is 35.3. The van der Waals surface area contributed by atoms with Crippen molar-refractivity contribution in [1.82, 2.24) is 32.3 Å². The van der Waals surface area contributed by atoms with Gasteiger partial charge in [0.15, 0.2) is 0 Å². The molecule has 10 heteroatoms. The van der Waals surface area contributed by atoms with E-state index in [1.54, 1.807) is 87.5 Å². The van der Waals surface area contributed by atoms with Crippen molar-refractivity contribution < 1.29 is 20.5 Å². The maximum atomic E-state index is 11.7. The minimum atomic E-state index is 0. The Hall–Kier alpha value is -3.93. The molecule has 3 aromatic carbocycles. The van der Waals surface area contributed by atoms with E-state index in [9.17, 15) is 9.59 Å². The highest BCUT2D eigenvalue weighted by Crippen LogP contribution is 2.54. The minimum Gasteiger partial charge on any atom is -0.468 e. The Morgan fingerprint density at radius 1 is 0.580 bits per heavy atom. The van der Waals surface area contributed by atoms with Crippen LogP contribution in [0.4, 0.5) is 0 Å². The lowest BCUT2D eigenvalue weighted by Gasteiger charge is -2.45. The fraction of sp³-hybridized carbons (Fsp3) is 0.704. The van der Waals surface area contributed by atoms with Crippen LogP contribution >= 0.6 is 0 Å². The number of nitrogens with zero attached hydrogens (tertiary/aromatic N) is 3. The maximum absolute atomic E-state index is 11.7. The largest absolute Gasteiger partial charge is 0.468 e. The fourth-order valence-corrected chi connectivity index (χ4v) is 19.7. The molecule has 6 saturated carbocycles. The number of likely N-dealkylation sites (tertiary alicyclic amines) is 3. The summed E-state index contributed by atoms with van der Waals surface area (Å²) in [7, 11) is 0. The summed E-state index contributed by atoms with van der Waals surface area (Å²) in [4.78, 5) is 38.1. The third kappa shape index (κ3) is 13.9. The van der Waals surface area contributed by atoms with Gasteiger partial charge in [-0.05, 0) is 273 Å². The normalized spacial score (nSPS) is 31.5. The number of nitrogens with one attached hydrogen (secondary N) is 1. The second kappa shape index (κ2) is 28.3. The Labute approximate surface area is 492 Å². The van der Waals surface area contributed by atoms with Gasteiger partial charge in [0.1, 0.15) is 6.29 Å². The van der Waals surface area contributed by atoms with Crippen LogP contribution in [0.3, 0.4) is 0 Å². The van der Waals surface area contributed by atoms with Crippen molar-refractivity contribution in [2.45, 2.75) is 211 Å². The standard InChI is InChI=1S/C23H32N2O.2C21H29N.C3H6O2.C2H4O.CH4.2H3N.H2/c1-16(26)24-22-15-23(21-5-3-2-4-20(21)22)8-10-25(11-9-23)19-13-17-6-7-18(12-17)14-19;2*1-2-4-20-17(3-1)7-8-21(20)9-11-22(12-10-21)15-19-14-16-5-6-18(19)13-16;1-2-5-3-4;1-2-3;;;;/h2-5,17-19,22H,6-15H2,1H3,(H,24,26);2*1-4,16,18-19H,5-15H2;3H,2H2,1H3;2H,1H3;1H4;2*1H3;1H/t17?,18?,19?,22-;2*16-,18-,19+;;;;;;/m000....../s1. The van der Waals surface area contributed by atoms with E-state index in [1.807, 2.05) is 0 Å². The van der Waals surface area contributed by atoms with E-state index in [4.69, 9.17) is 4.79 Å². The van der Waals surface area contributed by atoms with Crippen LogP contribution in [0, 0.1) is 47.3 Å². The molecule has 9 aliphatic carbocycles. The second-order valence-corrected chi connectivity index (χ2v) is 27.7. The van der Waals surface area contributed by atoms with Crippen molar-refractivity contribution in [1.29, 1.82) is 0 Å². The number of hydrogen-bond donors (Lipinski definition) is 3. The third-order valence-electron chi connectivity index (χ3n) is 23.6. The van der Waals surface area contributed by atoms with E-state index >= 15 is 0 Å². The van der Waals surface area contributed by atoms with Crippen molar-refractivity contribution in [3.05, 3.63) is 106 Å². The number of hydrogen-bond acceptors (Lipinski definition) is 9. The average Bonchev–Trinajstić information content (AvgIpc) is 3.46. The number of aldehydes is 1. The summed E-state index contributed by atoms with van der Waals surface area (Å²) in [5.74, 6) is 8.61. The predicted octanol–water partition coefficient (Wildman–Crippen LogP) is 14.6. The first-order valence-electron chi connectivity index (χ1n) is 32.3. The van der Waals surface area contributed by atoms with Crippen LogP contribution in [0.2, 0.25) is 0 Å². The molecule has 9 fully saturated rings. The van der Waals surface area contributed by atoms with Gasteiger partial charge < -0.3 is 41.8 Å². The van der Waals surface area contributed by atoms with Gasteiger partial charge in [-0.1, -0.05) is 106 Å². The summed E-state index contributed by atoms with van der Waals surface area (Å²) in [5, 5.41) is 3.21. The molecular weight excluding hydrogens is 1000 g/mol. The van der Waals surface area contributed by atoms with Gasteiger partial charge in [-0.3, -0.25) is 9.59 Å². The lowest BCUT2D eigenvalue weighted by molar-refractivity contribution is -0.128. The molecule has 15 rings (SSSR count). The van der Waals surface area contributed by atoms with Crippen LogP contribution in [0.5, 0.6) is 0 Å². The van der Waals surface area contributed by atoms with Gasteiger partial charge in [0, 0.05) is 32.9 Å². The number of carbonyl (C=O) groups excluding carboxylic acids is 3.